The van der Waals surface area contributed by atoms with E-state index in [1.54, 1.807) is 19.2 Å². The van der Waals surface area contributed by atoms with E-state index in [9.17, 15) is 4.79 Å². The molecule has 1 aromatic carbocycles. The molecule has 0 heterocycles. The quantitative estimate of drug-likeness (QED) is 0.344. The first-order valence-corrected chi connectivity index (χ1v) is 8.38. The molecule has 0 aromatic heterocycles. The maximum absolute atomic E-state index is 12.0. The third-order valence-electron chi connectivity index (χ3n) is 4.27. The normalized spacial score (nSPS) is 17.9. The van der Waals surface area contributed by atoms with Gasteiger partial charge in [0.1, 0.15) is 0 Å². The van der Waals surface area contributed by atoms with Crippen LogP contribution >= 0.6 is 0 Å². The predicted molar refractivity (Wildman–Crippen MR) is 91.8 cm³/mol. The van der Waals surface area contributed by atoms with Crippen LogP contribution in [0.1, 0.15) is 61.9 Å². The van der Waals surface area contributed by atoms with Crippen LogP contribution in [0, 0.1) is 5.92 Å². The Balaban J connectivity index is 2.37. The summed E-state index contributed by atoms with van der Waals surface area (Å²) in [5.74, 6) is -0.181. The summed E-state index contributed by atoms with van der Waals surface area (Å²) < 4.78 is 5.09. The molecule has 0 radical (unpaired) electrons. The van der Waals surface area contributed by atoms with Crippen LogP contribution in [0.5, 0.6) is 0 Å². The van der Waals surface area contributed by atoms with E-state index in [2.05, 4.69) is 12.1 Å². The van der Waals surface area contributed by atoms with Crippen LogP contribution in [-0.2, 0) is 4.74 Å². The van der Waals surface area contributed by atoms with Crippen molar-refractivity contribution in [2.45, 2.75) is 46.0 Å². The van der Waals surface area contributed by atoms with E-state index in [4.69, 9.17) is 9.94 Å². The van der Waals surface area contributed by atoms with Crippen LogP contribution in [0.2, 0.25) is 0 Å². The summed E-state index contributed by atoms with van der Waals surface area (Å²) in [5.41, 5.74) is 4.22. The first-order chi connectivity index (χ1) is 11.2. The molecule has 1 N–H and O–H groups in total. The molecule has 0 saturated carbocycles. The topological polar surface area (TPSA) is 58.9 Å². The van der Waals surface area contributed by atoms with E-state index < -0.39 is 0 Å². The molecule has 0 amide bonds. The maximum Gasteiger partial charge on any atom is 0.338 e. The van der Waals surface area contributed by atoms with Crippen molar-refractivity contribution in [2.24, 2.45) is 11.1 Å². The minimum Gasteiger partial charge on any atom is -0.462 e. The highest BCUT2D eigenvalue weighted by Gasteiger charge is 2.25. The number of hydrogen-bond donors (Lipinski definition) is 1. The molecule has 0 saturated heterocycles. The zero-order chi connectivity index (χ0) is 16.7. The van der Waals surface area contributed by atoms with E-state index in [1.807, 2.05) is 18.2 Å². The number of benzene rings is 1. The number of ether oxygens (including phenoxy) is 1. The Morgan fingerprint density at radius 1 is 1.43 bits per heavy atom. The van der Waals surface area contributed by atoms with Gasteiger partial charge in [-0.05, 0) is 55.9 Å². The highest BCUT2D eigenvalue weighted by atomic mass is 16.5. The van der Waals surface area contributed by atoms with E-state index in [0.717, 1.165) is 37.7 Å². The molecule has 0 aliphatic heterocycles. The van der Waals surface area contributed by atoms with E-state index in [1.165, 1.54) is 11.1 Å². The molecule has 0 spiro atoms. The van der Waals surface area contributed by atoms with Gasteiger partial charge < -0.3 is 9.94 Å². The highest BCUT2D eigenvalue weighted by molar-refractivity contribution is 5.92. The number of esters is 1. The molecule has 4 heteroatoms. The van der Waals surface area contributed by atoms with Crippen molar-refractivity contribution in [3.63, 3.8) is 0 Å². The first-order valence-electron chi connectivity index (χ1n) is 8.38. The van der Waals surface area contributed by atoms with Crippen molar-refractivity contribution in [3.05, 3.63) is 41.0 Å². The lowest BCUT2D eigenvalue weighted by atomic mass is 9.92. The van der Waals surface area contributed by atoms with Crippen LogP contribution in [0.3, 0.4) is 0 Å². The fourth-order valence-corrected chi connectivity index (χ4v) is 3.20. The van der Waals surface area contributed by atoms with Crippen molar-refractivity contribution in [1.82, 2.24) is 0 Å². The van der Waals surface area contributed by atoms with Crippen molar-refractivity contribution in [2.75, 3.05) is 6.61 Å². The van der Waals surface area contributed by atoms with Gasteiger partial charge in [0, 0.05) is 5.92 Å². The molecule has 2 rings (SSSR count). The minimum atomic E-state index is -0.296. The van der Waals surface area contributed by atoms with Crippen molar-refractivity contribution >= 4 is 17.8 Å². The maximum atomic E-state index is 12.0. The van der Waals surface area contributed by atoms with Gasteiger partial charge in [-0.15, -0.1) is 5.16 Å². The average Bonchev–Trinajstić information content (AvgIpc) is 2.96. The van der Waals surface area contributed by atoms with Gasteiger partial charge in [-0.1, -0.05) is 31.1 Å². The fraction of sp³-hybridized carbons (Fsp3) is 0.474. The summed E-state index contributed by atoms with van der Waals surface area (Å²) in [6, 6.07) is 7.58. The van der Waals surface area contributed by atoms with Crippen LogP contribution in [-0.4, -0.2) is 24.0 Å². The minimum absolute atomic E-state index is 0.115. The van der Waals surface area contributed by atoms with Gasteiger partial charge in [0.05, 0.1) is 18.4 Å². The van der Waals surface area contributed by atoms with E-state index in [-0.39, 0.29) is 11.9 Å². The Labute approximate surface area is 137 Å². The summed E-state index contributed by atoms with van der Waals surface area (Å²) in [4.78, 5) is 12.0. The smallest absolute Gasteiger partial charge is 0.338 e. The number of allylic oxidation sites excluding steroid dienone is 2. The predicted octanol–water partition coefficient (Wildman–Crippen LogP) is 4.68. The van der Waals surface area contributed by atoms with Gasteiger partial charge in [0.2, 0.25) is 0 Å². The lowest BCUT2D eigenvalue weighted by Gasteiger charge is -2.13. The largest absolute Gasteiger partial charge is 0.462 e. The Hall–Kier alpha value is -2.10. The Bertz CT molecular complexity index is 604. The Morgan fingerprint density at radius 3 is 2.96 bits per heavy atom. The molecule has 1 aliphatic carbocycles. The summed E-state index contributed by atoms with van der Waals surface area (Å²) in [6.45, 7) is 4.36. The highest BCUT2D eigenvalue weighted by Crippen LogP contribution is 2.40. The second-order valence-corrected chi connectivity index (χ2v) is 5.83. The lowest BCUT2D eigenvalue weighted by molar-refractivity contribution is 0.0526. The molecule has 1 atom stereocenters. The SMILES string of the molecule is CCCCC1=C(c2cccc(C(=O)OCC)c2)C(C=NO)CC1. The van der Waals surface area contributed by atoms with Crippen LogP contribution in [0.15, 0.2) is 35.0 Å². The third-order valence-corrected chi connectivity index (χ3v) is 4.27. The van der Waals surface area contributed by atoms with E-state index >= 15 is 0 Å². The summed E-state index contributed by atoms with van der Waals surface area (Å²) in [7, 11) is 0. The molecule has 124 valence electrons. The van der Waals surface area contributed by atoms with Gasteiger partial charge in [-0.2, -0.15) is 0 Å². The van der Waals surface area contributed by atoms with Crippen LogP contribution in [0.4, 0.5) is 0 Å². The number of hydrogen-bond acceptors (Lipinski definition) is 4. The zero-order valence-corrected chi connectivity index (χ0v) is 13.9. The van der Waals surface area contributed by atoms with Crippen molar-refractivity contribution in [3.8, 4) is 0 Å². The number of nitrogens with zero attached hydrogens (tertiary/aromatic N) is 1. The molecule has 0 bridgehead atoms. The molecular weight excluding hydrogens is 290 g/mol. The number of rotatable bonds is 7. The fourth-order valence-electron chi connectivity index (χ4n) is 3.20. The Kier molecular flexibility index (Phi) is 6.39. The van der Waals surface area contributed by atoms with Gasteiger partial charge in [-0.25, -0.2) is 4.79 Å². The first kappa shape index (κ1) is 17.3. The lowest BCUT2D eigenvalue weighted by Crippen LogP contribution is -2.06. The molecule has 1 aromatic rings. The number of carbonyl (C=O) groups excluding carboxylic acids is 1. The molecule has 4 nitrogen and oxygen atoms in total. The molecule has 0 fully saturated rings. The van der Waals surface area contributed by atoms with E-state index in [0.29, 0.717) is 12.2 Å². The average molecular weight is 315 g/mol. The Morgan fingerprint density at radius 2 is 2.26 bits per heavy atom. The second kappa shape index (κ2) is 8.51. The number of carbonyl (C=O) groups is 1. The monoisotopic (exact) mass is 315 g/mol. The molecule has 1 unspecified atom stereocenters. The van der Waals surface area contributed by atoms with Crippen molar-refractivity contribution < 1.29 is 14.7 Å². The number of unbranched alkanes of at least 4 members (excludes halogenated alkanes) is 1. The van der Waals surface area contributed by atoms with Crippen LogP contribution in [0.25, 0.3) is 5.57 Å². The third kappa shape index (κ3) is 4.21. The van der Waals surface area contributed by atoms with Crippen molar-refractivity contribution in [1.29, 1.82) is 0 Å². The van der Waals surface area contributed by atoms with Gasteiger partial charge in [0.25, 0.3) is 0 Å². The summed E-state index contributed by atoms with van der Waals surface area (Å²) in [5, 5.41) is 12.2. The van der Waals surface area contributed by atoms with Crippen LogP contribution < -0.4 is 0 Å². The summed E-state index contributed by atoms with van der Waals surface area (Å²) in [6.07, 6.45) is 6.95. The standard InChI is InChI=1S/C19H25NO3/c1-3-5-7-14-10-11-17(13-20-22)18(14)15-8-6-9-16(12-15)19(21)23-4-2/h6,8-9,12-13,17,22H,3-5,7,10-11H2,1-2H3. The van der Waals surface area contributed by atoms with Gasteiger partial charge in [0.15, 0.2) is 0 Å². The zero-order valence-electron chi connectivity index (χ0n) is 13.9. The number of oxime groups is 1. The summed E-state index contributed by atoms with van der Waals surface area (Å²) >= 11 is 0. The molecule has 1 aliphatic rings. The molecule has 23 heavy (non-hydrogen) atoms. The van der Waals surface area contributed by atoms with Gasteiger partial charge in [-0.3, -0.25) is 0 Å². The second-order valence-electron chi connectivity index (χ2n) is 5.83. The van der Waals surface area contributed by atoms with Gasteiger partial charge >= 0.3 is 5.97 Å². The molecular formula is C19H25NO3.